The van der Waals surface area contributed by atoms with Crippen molar-refractivity contribution in [1.82, 2.24) is 5.43 Å². The molecule has 0 aliphatic carbocycles. The molecule has 0 heterocycles. The van der Waals surface area contributed by atoms with E-state index < -0.39 is 0 Å². The largest absolute Gasteiger partial charge is 0.504 e. The number of aromatic hydroxyl groups is 1. The van der Waals surface area contributed by atoms with Gasteiger partial charge >= 0.3 is 0 Å². The summed E-state index contributed by atoms with van der Waals surface area (Å²) < 4.78 is 10.7. The third-order valence-electron chi connectivity index (χ3n) is 4.00. The maximum Gasteiger partial charge on any atom is 0.271 e. The molecule has 0 atom stereocenters. The summed E-state index contributed by atoms with van der Waals surface area (Å²) in [5, 5.41) is 13.9. The van der Waals surface area contributed by atoms with Crippen molar-refractivity contribution in [1.29, 1.82) is 0 Å². The number of methoxy groups -OCH3 is 1. The van der Waals surface area contributed by atoms with Crippen molar-refractivity contribution in [3.05, 3.63) is 53.6 Å². The predicted octanol–water partition coefficient (Wildman–Crippen LogP) is 4.12. The predicted molar refractivity (Wildman–Crippen MR) is 106 cm³/mol. The van der Waals surface area contributed by atoms with Crippen molar-refractivity contribution in [2.24, 2.45) is 5.10 Å². The lowest BCUT2D eigenvalue weighted by atomic mass is 10.2. The van der Waals surface area contributed by atoms with Gasteiger partial charge in [0.15, 0.2) is 11.5 Å². The van der Waals surface area contributed by atoms with E-state index in [-0.39, 0.29) is 11.7 Å². The third kappa shape index (κ3) is 6.33. The van der Waals surface area contributed by atoms with E-state index in [4.69, 9.17) is 9.47 Å². The van der Waals surface area contributed by atoms with Crippen LogP contribution in [0.5, 0.6) is 17.2 Å². The average molecular weight is 370 g/mol. The van der Waals surface area contributed by atoms with Crippen LogP contribution >= 0.6 is 0 Å². The van der Waals surface area contributed by atoms with E-state index in [2.05, 4.69) is 17.5 Å². The van der Waals surface area contributed by atoms with Gasteiger partial charge in [0.2, 0.25) is 0 Å². The van der Waals surface area contributed by atoms with Crippen LogP contribution in [0.4, 0.5) is 0 Å². The zero-order valence-corrected chi connectivity index (χ0v) is 15.8. The number of benzene rings is 2. The van der Waals surface area contributed by atoms with Crippen molar-refractivity contribution < 1.29 is 19.4 Å². The molecule has 0 saturated heterocycles. The molecule has 2 aromatic rings. The van der Waals surface area contributed by atoms with Crippen molar-refractivity contribution in [2.45, 2.75) is 32.6 Å². The summed E-state index contributed by atoms with van der Waals surface area (Å²) in [5.74, 6) is 0.713. The van der Waals surface area contributed by atoms with Gasteiger partial charge in [-0.25, -0.2) is 5.43 Å². The van der Waals surface area contributed by atoms with Crippen LogP contribution in [0, 0.1) is 0 Å². The first-order valence-corrected chi connectivity index (χ1v) is 9.08. The van der Waals surface area contributed by atoms with Gasteiger partial charge in [0.1, 0.15) is 5.75 Å². The molecule has 144 valence electrons. The number of ether oxygens (including phenoxy) is 2. The number of nitrogens with zero attached hydrogens (tertiary/aromatic N) is 1. The molecule has 0 radical (unpaired) electrons. The molecule has 0 saturated carbocycles. The van der Waals surface area contributed by atoms with Gasteiger partial charge in [-0.2, -0.15) is 5.10 Å². The Morgan fingerprint density at radius 3 is 2.63 bits per heavy atom. The molecule has 6 heteroatoms. The summed E-state index contributed by atoms with van der Waals surface area (Å²) in [5.41, 5.74) is 3.35. The van der Waals surface area contributed by atoms with Gasteiger partial charge < -0.3 is 14.6 Å². The lowest BCUT2D eigenvalue weighted by molar-refractivity contribution is 0.0955. The highest BCUT2D eigenvalue weighted by atomic mass is 16.5. The van der Waals surface area contributed by atoms with E-state index in [1.165, 1.54) is 26.2 Å². The number of phenols is 1. The van der Waals surface area contributed by atoms with Crippen LogP contribution in [0.25, 0.3) is 0 Å². The van der Waals surface area contributed by atoms with Gasteiger partial charge in [-0.15, -0.1) is 0 Å². The van der Waals surface area contributed by atoms with Gasteiger partial charge in [0, 0.05) is 11.1 Å². The van der Waals surface area contributed by atoms with Crippen molar-refractivity contribution in [3.8, 4) is 17.2 Å². The molecule has 6 nitrogen and oxygen atoms in total. The van der Waals surface area contributed by atoms with Crippen LogP contribution < -0.4 is 14.9 Å². The molecule has 0 aliphatic rings. The minimum Gasteiger partial charge on any atom is -0.504 e. The summed E-state index contributed by atoms with van der Waals surface area (Å²) in [6.45, 7) is 2.86. The Kier molecular flexibility index (Phi) is 8.16. The van der Waals surface area contributed by atoms with E-state index >= 15 is 0 Å². The second kappa shape index (κ2) is 10.9. The third-order valence-corrected chi connectivity index (χ3v) is 4.00. The molecule has 1 amide bonds. The number of carbonyl (C=O) groups excluding carboxylic acids is 1. The van der Waals surface area contributed by atoms with Gasteiger partial charge in [0.05, 0.1) is 19.9 Å². The maximum absolute atomic E-state index is 12.1. The van der Waals surface area contributed by atoms with E-state index in [0.29, 0.717) is 23.5 Å². The highest BCUT2D eigenvalue weighted by molar-refractivity contribution is 5.95. The van der Waals surface area contributed by atoms with Crippen LogP contribution in [0.15, 0.2) is 47.6 Å². The van der Waals surface area contributed by atoms with Crippen molar-refractivity contribution in [3.63, 3.8) is 0 Å². The minimum absolute atomic E-state index is 0.0292. The highest BCUT2D eigenvalue weighted by Crippen LogP contribution is 2.27. The fourth-order valence-corrected chi connectivity index (χ4v) is 2.45. The summed E-state index contributed by atoms with van der Waals surface area (Å²) >= 11 is 0. The number of nitrogens with one attached hydrogen (secondary N) is 1. The average Bonchev–Trinajstić information content (AvgIpc) is 2.69. The number of hydrogen-bond acceptors (Lipinski definition) is 5. The van der Waals surface area contributed by atoms with Crippen molar-refractivity contribution >= 4 is 12.1 Å². The lowest BCUT2D eigenvalue weighted by Gasteiger charge is -2.07. The number of phenolic OH excluding ortho intramolecular Hbond substituents is 1. The van der Waals surface area contributed by atoms with E-state index in [0.717, 1.165) is 18.6 Å². The number of hydrazone groups is 1. The zero-order valence-electron chi connectivity index (χ0n) is 15.8. The lowest BCUT2D eigenvalue weighted by Crippen LogP contribution is -2.17. The normalized spacial score (nSPS) is 10.7. The van der Waals surface area contributed by atoms with Gasteiger partial charge in [0.25, 0.3) is 5.91 Å². The van der Waals surface area contributed by atoms with Gasteiger partial charge in [-0.1, -0.05) is 32.3 Å². The molecule has 0 bridgehead atoms. The molecule has 0 aromatic heterocycles. The smallest absolute Gasteiger partial charge is 0.271 e. The number of amides is 1. The Bertz CT molecular complexity index is 757. The summed E-state index contributed by atoms with van der Waals surface area (Å²) in [4.78, 5) is 12.1. The summed E-state index contributed by atoms with van der Waals surface area (Å²) in [6.07, 6.45) is 5.98. The van der Waals surface area contributed by atoms with Gasteiger partial charge in [-0.05, 0) is 42.8 Å². The Morgan fingerprint density at radius 1 is 1.15 bits per heavy atom. The van der Waals surface area contributed by atoms with Crippen molar-refractivity contribution in [2.75, 3.05) is 13.7 Å². The SMILES string of the molecule is CCCCCCOc1ccc(C(=O)NN=Cc2cccc(OC)c2O)cc1. The molecule has 2 aromatic carbocycles. The number of rotatable bonds is 10. The van der Waals surface area contributed by atoms with Gasteiger partial charge in [-0.3, -0.25) is 4.79 Å². The second-order valence-electron chi connectivity index (χ2n) is 6.03. The first kappa shape index (κ1) is 20.3. The van der Waals surface area contributed by atoms with Crippen LogP contribution in [-0.4, -0.2) is 30.9 Å². The summed E-state index contributed by atoms with van der Waals surface area (Å²) in [7, 11) is 1.47. The van der Waals surface area contributed by atoms with E-state index in [1.54, 1.807) is 42.5 Å². The molecule has 2 N–H and O–H groups in total. The first-order chi connectivity index (χ1) is 13.2. The molecule has 2 rings (SSSR count). The Hall–Kier alpha value is -3.02. The fraction of sp³-hybridized carbons (Fsp3) is 0.333. The summed E-state index contributed by atoms with van der Waals surface area (Å²) in [6, 6.07) is 11.9. The molecular weight excluding hydrogens is 344 g/mol. The Morgan fingerprint density at radius 2 is 1.93 bits per heavy atom. The minimum atomic E-state index is -0.344. The number of para-hydroxylation sites is 1. The molecule has 0 aliphatic heterocycles. The Balaban J connectivity index is 1.85. The van der Waals surface area contributed by atoms with Crippen LogP contribution in [0.3, 0.4) is 0 Å². The van der Waals surface area contributed by atoms with Crippen LogP contribution in [-0.2, 0) is 0 Å². The van der Waals surface area contributed by atoms with Crippen LogP contribution in [0.1, 0.15) is 48.5 Å². The number of unbranched alkanes of at least 4 members (excludes halogenated alkanes) is 3. The molecule has 27 heavy (non-hydrogen) atoms. The maximum atomic E-state index is 12.1. The zero-order chi connectivity index (χ0) is 19.5. The molecule has 0 spiro atoms. The van der Waals surface area contributed by atoms with Crippen LogP contribution in [0.2, 0.25) is 0 Å². The molecule has 0 unspecified atom stereocenters. The second-order valence-corrected chi connectivity index (χ2v) is 6.03. The number of carbonyl (C=O) groups is 1. The highest BCUT2D eigenvalue weighted by Gasteiger charge is 2.06. The molecular formula is C21H26N2O4. The quantitative estimate of drug-likeness (QED) is 0.374. The monoisotopic (exact) mass is 370 g/mol. The van der Waals surface area contributed by atoms with E-state index in [9.17, 15) is 9.90 Å². The first-order valence-electron chi connectivity index (χ1n) is 9.08. The fourth-order valence-electron chi connectivity index (χ4n) is 2.45. The molecule has 0 fully saturated rings. The van der Waals surface area contributed by atoms with E-state index in [1.807, 2.05) is 0 Å². The Labute approximate surface area is 159 Å². The topological polar surface area (TPSA) is 80.2 Å². The number of hydrogen-bond donors (Lipinski definition) is 2. The standard InChI is InChI=1S/C21H26N2O4/c1-3-4-5-6-14-27-18-12-10-16(11-13-18)21(25)23-22-15-17-8-7-9-19(26-2)20(17)24/h7-13,15,24H,3-6,14H2,1-2H3,(H,23,25).